The van der Waals surface area contributed by atoms with Gasteiger partial charge in [0.2, 0.25) is 0 Å². The van der Waals surface area contributed by atoms with Crippen molar-refractivity contribution < 1.29 is 9.53 Å². The van der Waals surface area contributed by atoms with Gasteiger partial charge >= 0.3 is 0 Å². The number of thioether (sulfide) groups is 1. The van der Waals surface area contributed by atoms with E-state index in [1.807, 2.05) is 23.9 Å². The molecule has 4 heteroatoms. The van der Waals surface area contributed by atoms with Crippen LogP contribution in [0, 0.1) is 0 Å². The third-order valence-corrected chi connectivity index (χ3v) is 9.00. The second-order valence-corrected chi connectivity index (χ2v) is 12.3. The lowest BCUT2D eigenvalue weighted by Gasteiger charge is -2.39. The Morgan fingerprint density at radius 2 is 1.51 bits per heavy atom. The van der Waals surface area contributed by atoms with E-state index in [0.29, 0.717) is 11.8 Å². The van der Waals surface area contributed by atoms with E-state index in [1.165, 1.54) is 21.6 Å². The van der Waals surface area contributed by atoms with Crippen LogP contribution in [0.5, 0.6) is 5.75 Å². The number of para-hydroxylation sites is 1. The lowest BCUT2D eigenvalue weighted by molar-refractivity contribution is 0.0356. The second-order valence-electron chi connectivity index (χ2n) is 11.2. The largest absolute Gasteiger partial charge is 0.490 e. The van der Waals surface area contributed by atoms with Gasteiger partial charge in [-0.25, -0.2) is 0 Å². The maximum Gasteiger partial charge on any atom is 0.254 e. The quantitative estimate of drug-likeness (QED) is 0.283. The normalized spacial score (nSPS) is 21.0. The molecule has 0 aromatic heterocycles. The topological polar surface area (TPSA) is 29.5 Å². The molecule has 3 nitrogen and oxygen atoms in total. The second kappa shape index (κ2) is 11.3. The number of carbonyl (C=O) groups is 1. The molecule has 3 aromatic rings. The summed E-state index contributed by atoms with van der Waals surface area (Å²) in [6.45, 7) is 8.86. The van der Waals surface area contributed by atoms with Gasteiger partial charge in [-0.1, -0.05) is 70.2 Å². The van der Waals surface area contributed by atoms with Crippen molar-refractivity contribution in [1.82, 2.24) is 4.90 Å². The Hall–Kier alpha value is -2.72. The van der Waals surface area contributed by atoms with Crippen molar-refractivity contribution in [3.63, 3.8) is 0 Å². The first-order chi connectivity index (χ1) is 17.9. The van der Waals surface area contributed by atoms with E-state index in [2.05, 4.69) is 93.3 Å². The van der Waals surface area contributed by atoms with Crippen molar-refractivity contribution in [3.05, 3.63) is 95.1 Å². The summed E-state index contributed by atoms with van der Waals surface area (Å²) in [5.41, 5.74) is 4.68. The summed E-state index contributed by atoms with van der Waals surface area (Å²) in [4.78, 5) is 17.0. The van der Waals surface area contributed by atoms with Crippen molar-refractivity contribution in [2.75, 3.05) is 0 Å². The molecule has 0 spiro atoms. The van der Waals surface area contributed by atoms with Crippen LogP contribution in [0.15, 0.2) is 77.7 Å². The fourth-order valence-electron chi connectivity index (χ4n) is 5.81. The highest BCUT2D eigenvalue weighted by atomic mass is 32.2. The Morgan fingerprint density at radius 1 is 0.865 bits per heavy atom. The van der Waals surface area contributed by atoms with Crippen molar-refractivity contribution in [3.8, 4) is 5.75 Å². The van der Waals surface area contributed by atoms with Gasteiger partial charge in [0.05, 0.1) is 0 Å². The third kappa shape index (κ3) is 5.90. The van der Waals surface area contributed by atoms with Gasteiger partial charge in [-0.3, -0.25) is 4.79 Å². The number of hydrogen-bond donors (Lipinski definition) is 0. The average Bonchev–Trinajstić information content (AvgIpc) is 3.17. The molecule has 37 heavy (non-hydrogen) atoms. The number of benzene rings is 3. The average molecular weight is 514 g/mol. The van der Waals surface area contributed by atoms with Gasteiger partial charge in [-0.15, -0.1) is 11.8 Å². The Balaban J connectivity index is 1.18. The Labute approximate surface area is 226 Å². The predicted octanol–water partition coefficient (Wildman–Crippen LogP) is 8.44. The molecule has 194 valence electrons. The van der Waals surface area contributed by atoms with E-state index in [0.717, 1.165) is 42.7 Å². The van der Waals surface area contributed by atoms with Gasteiger partial charge < -0.3 is 9.64 Å². The van der Waals surface area contributed by atoms with Crippen LogP contribution in [0.3, 0.4) is 0 Å². The van der Waals surface area contributed by atoms with Crippen LogP contribution in [0.25, 0.3) is 0 Å². The minimum absolute atomic E-state index is 0.176. The van der Waals surface area contributed by atoms with Gasteiger partial charge in [0.15, 0.2) is 0 Å². The van der Waals surface area contributed by atoms with E-state index in [9.17, 15) is 4.79 Å². The molecule has 2 aliphatic heterocycles. The molecular weight excluding hydrogens is 474 g/mol. The van der Waals surface area contributed by atoms with Gasteiger partial charge in [0, 0.05) is 41.1 Å². The van der Waals surface area contributed by atoms with E-state index >= 15 is 0 Å². The number of piperidine rings is 1. The maximum absolute atomic E-state index is 13.5. The Kier molecular flexibility index (Phi) is 7.95. The fraction of sp³-hybridized carbons (Fsp3) is 0.424. The van der Waals surface area contributed by atoms with Gasteiger partial charge in [-0.2, -0.15) is 0 Å². The number of carbonyl (C=O) groups excluding carboxylic acids is 1. The van der Waals surface area contributed by atoms with E-state index < -0.39 is 0 Å². The van der Waals surface area contributed by atoms with Crippen molar-refractivity contribution >= 4 is 17.7 Å². The minimum atomic E-state index is 0.176. The Morgan fingerprint density at radius 3 is 2.14 bits per heavy atom. The first-order valence-electron chi connectivity index (χ1n) is 13.8. The summed E-state index contributed by atoms with van der Waals surface area (Å²) in [5, 5.41) is 0. The van der Waals surface area contributed by atoms with Gasteiger partial charge in [0.25, 0.3) is 5.91 Å². The monoisotopic (exact) mass is 513 g/mol. The van der Waals surface area contributed by atoms with Gasteiger partial charge in [-0.05, 0) is 71.7 Å². The first kappa shape index (κ1) is 25.9. The van der Waals surface area contributed by atoms with Crippen LogP contribution in [-0.4, -0.2) is 29.0 Å². The molecule has 0 saturated carbocycles. The number of amides is 1. The molecule has 2 aliphatic rings. The molecule has 2 atom stereocenters. The third-order valence-electron chi connectivity index (χ3n) is 7.91. The zero-order valence-electron chi connectivity index (χ0n) is 22.5. The van der Waals surface area contributed by atoms with Crippen LogP contribution >= 0.6 is 11.8 Å². The Bertz CT molecular complexity index is 1190. The summed E-state index contributed by atoms with van der Waals surface area (Å²) in [7, 11) is 0. The minimum Gasteiger partial charge on any atom is -0.490 e. The number of hydrogen-bond acceptors (Lipinski definition) is 3. The zero-order valence-corrected chi connectivity index (χ0v) is 23.3. The summed E-state index contributed by atoms with van der Waals surface area (Å²) < 4.78 is 6.52. The lowest BCUT2D eigenvalue weighted by atomic mass is 9.97. The molecule has 2 unspecified atom stereocenters. The van der Waals surface area contributed by atoms with Crippen LogP contribution in [0.2, 0.25) is 0 Å². The summed E-state index contributed by atoms with van der Waals surface area (Å²) in [6, 6.07) is 26.1. The molecule has 5 rings (SSSR count). The lowest BCUT2D eigenvalue weighted by Crippen LogP contribution is -2.49. The molecule has 2 heterocycles. The van der Waals surface area contributed by atoms with Crippen LogP contribution in [-0.2, 0) is 5.75 Å². The number of fused-ring (bicyclic) bond motifs is 2. The molecule has 0 N–H and O–H groups in total. The number of rotatable bonds is 8. The fourth-order valence-corrected chi connectivity index (χ4v) is 6.66. The summed E-state index contributed by atoms with van der Waals surface area (Å²) in [6.07, 6.45) is 4.16. The highest BCUT2D eigenvalue weighted by Crippen LogP contribution is 2.39. The van der Waals surface area contributed by atoms with Crippen LogP contribution in [0.1, 0.15) is 92.3 Å². The maximum atomic E-state index is 13.5. The van der Waals surface area contributed by atoms with E-state index in [4.69, 9.17) is 4.74 Å². The summed E-state index contributed by atoms with van der Waals surface area (Å²) >= 11 is 1.84. The standard InChI is InChI=1S/C33H39NO2S/c1-22(2)25-13-17-30(18-14-25)37-21-24-9-11-26(12-10-24)33(35)34-27-15-16-28(34)20-29(19-27)36-32-8-6-5-7-31(32)23(3)4/h5-14,17-18,22-23,27-29H,15-16,19-21H2,1-4H3. The molecule has 0 radical (unpaired) electrons. The van der Waals surface area contributed by atoms with Gasteiger partial charge in [0.1, 0.15) is 11.9 Å². The first-order valence-corrected chi connectivity index (χ1v) is 14.8. The van der Waals surface area contributed by atoms with Crippen molar-refractivity contribution in [2.24, 2.45) is 0 Å². The smallest absolute Gasteiger partial charge is 0.254 e. The van der Waals surface area contributed by atoms with Crippen molar-refractivity contribution in [2.45, 2.75) is 94.1 Å². The summed E-state index contributed by atoms with van der Waals surface area (Å²) in [5.74, 6) is 3.07. The SMILES string of the molecule is CC(C)c1ccc(SCc2ccc(C(=O)N3C4CCC3CC(Oc3ccccc3C(C)C)C4)cc2)cc1. The van der Waals surface area contributed by atoms with Crippen LogP contribution < -0.4 is 4.74 Å². The molecule has 2 bridgehead atoms. The highest BCUT2D eigenvalue weighted by Gasteiger charge is 2.44. The zero-order chi connectivity index (χ0) is 25.9. The predicted molar refractivity (Wildman–Crippen MR) is 154 cm³/mol. The molecule has 2 saturated heterocycles. The number of nitrogens with zero attached hydrogens (tertiary/aromatic N) is 1. The van der Waals surface area contributed by atoms with E-state index in [1.54, 1.807) is 0 Å². The molecule has 0 aliphatic carbocycles. The number of ether oxygens (including phenoxy) is 1. The van der Waals surface area contributed by atoms with E-state index in [-0.39, 0.29) is 24.1 Å². The van der Waals surface area contributed by atoms with Crippen LogP contribution in [0.4, 0.5) is 0 Å². The van der Waals surface area contributed by atoms with Crippen molar-refractivity contribution in [1.29, 1.82) is 0 Å². The molecular formula is C33H39NO2S. The molecule has 3 aromatic carbocycles. The molecule has 2 fully saturated rings. The molecule has 1 amide bonds. The highest BCUT2D eigenvalue weighted by molar-refractivity contribution is 7.98.